The van der Waals surface area contributed by atoms with Gasteiger partial charge in [0, 0.05) is 5.57 Å². The minimum Gasteiger partial charge on any atom is -0.411 e. The minimum absolute atomic E-state index is 0.0782. The third-order valence-corrected chi connectivity index (χ3v) is 4.36. The molecule has 0 atom stereocenters. The second-order valence-electron chi connectivity index (χ2n) is 6.22. The van der Waals surface area contributed by atoms with Crippen molar-refractivity contribution < 1.29 is 18.3 Å². The van der Waals surface area contributed by atoms with Gasteiger partial charge in [0.05, 0.1) is 0 Å². The first-order valence-electron chi connectivity index (χ1n) is 8.62. The topological polar surface area (TPSA) is 52.3 Å². The van der Waals surface area contributed by atoms with E-state index < -0.39 is 12.2 Å². The molecule has 3 rings (SSSR count). The monoisotopic (exact) mass is 367 g/mol. The molecule has 138 valence electrons. The van der Waals surface area contributed by atoms with E-state index in [1.807, 2.05) is 30.3 Å². The first-order valence-corrected chi connectivity index (χ1v) is 8.62. The average molecular weight is 367 g/mol. The summed E-state index contributed by atoms with van der Waals surface area (Å²) in [4.78, 5) is 10.7. The maximum atomic E-state index is 13.5. The second kappa shape index (κ2) is 8.45. The molecule has 3 aromatic carbocycles. The highest BCUT2D eigenvalue weighted by Crippen LogP contribution is 2.29. The van der Waals surface area contributed by atoms with Crippen LogP contribution in [-0.2, 0) is 6.42 Å². The van der Waals surface area contributed by atoms with Gasteiger partial charge in [0.2, 0.25) is 0 Å². The first-order chi connectivity index (χ1) is 13.0. The molecular formula is C22H19F2NO2. The van der Waals surface area contributed by atoms with Crippen LogP contribution in [-0.4, -0.2) is 6.09 Å². The second-order valence-corrected chi connectivity index (χ2v) is 6.22. The number of allylic oxidation sites excluding steroid dienone is 1. The molecule has 2 N–H and O–H groups in total. The summed E-state index contributed by atoms with van der Waals surface area (Å²) in [6, 6.07) is 20.0. The number of carbonyl (C=O) groups is 1. The lowest BCUT2D eigenvalue weighted by molar-refractivity contribution is 0.211. The van der Waals surface area contributed by atoms with Crippen LogP contribution < -0.4 is 10.5 Å². The van der Waals surface area contributed by atoms with E-state index in [9.17, 15) is 13.6 Å². The van der Waals surface area contributed by atoms with E-state index in [0.29, 0.717) is 24.2 Å². The third-order valence-electron chi connectivity index (χ3n) is 4.36. The number of benzene rings is 3. The smallest absolute Gasteiger partial charge is 0.409 e. The number of fused-ring (bicyclic) bond motifs is 1. The fourth-order valence-corrected chi connectivity index (χ4v) is 3.03. The molecular weight excluding hydrogens is 348 g/mol. The number of hydrogen-bond acceptors (Lipinski definition) is 2. The van der Waals surface area contributed by atoms with Crippen LogP contribution in [0, 0.1) is 0 Å². The van der Waals surface area contributed by atoms with E-state index in [-0.39, 0.29) is 12.0 Å². The molecule has 0 fully saturated rings. The molecule has 0 aliphatic heterocycles. The van der Waals surface area contributed by atoms with Gasteiger partial charge in [0.1, 0.15) is 5.75 Å². The minimum atomic E-state index is -1.64. The summed E-state index contributed by atoms with van der Waals surface area (Å²) >= 11 is 0. The zero-order valence-corrected chi connectivity index (χ0v) is 14.6. The lowest BCUT2D eigenvalue weighted by Crippen LogP contribution is -2.16. The zero-order chi connectivity index (χ0) is 19.2. The molecule has 0 aliphatic carbocycles. The van der Waals surface area contributed by atoms with Gasteiger partial charge in [-0.25, -0.2) is 4.79 Å². The molecule has 5 heteroatoms. The van der Waals surface area contributed by atoms with Crippen LogP contribution >= 0.6 is 0 Å². The Bertz CT molecular complexity index is 977. The van der Waals surface area contributed by atoms with Gasteiger partial charge in [-0.1, -0.05) is 48.5 Å². The van der Waals surface area contributed by atoms with Crippen LogP contribution in [0.1, 0.15) is 24.0 Å². The van der Waals surface area contributed by atoms with Gasteiger partial charge in [-0.2, -0.15) is 8.78 Å². The third kappa shape index (κ3) is 4.91. The summed E-state index contributed by atoms with van der Waals surface area (Å²) in [6.45, 7) is 0. The van der Waals surface area contributed by atoms with Crippen molar-refractivity contribution in [2.75, 3.05) is 0 Å². The molecule has 3 aromatic rings. The SMILES string of the molecule is NC(=O)Oc1ccc(CCCC(=C(F)F)c2ccc3ccccc3c2)cc1. The number of nitrogens with two attached hydrogens (primary N) is 1. The van der Waals surface area contributed by atoms with Crippen molar-refractivity contribution in [1.29, 1.82) is 0 Å². The summed E-state index contributed by atoms with van der Waals surface area (Å²) in [7, 11) is 0. The number of hydrogen-bond donors (Lipinski definition) is 1. The largest absolute Gasteiger partial charge is 0.411 e. The summed E-state index contributed by atoms with van der Waals surface area (Å²) in [6.07, 6.45) is -1.02. The van der Waals surface area contributed by atoms with E-state index in [1.165, 1.54) is 0 Å². The number of amides is 1. The fraction of sp³-hybridized carbons (Fsp3) is 0.136. The van der Waals surface area contributed by atoms with Gasteiger partial charge in [-0.3, -0.25) is 0 Å². The summed E-state index contributed by atoms with van der Waals surface area (Å²) in [5, 5.41) is 1.97. The molecule has 0 aromatic heterocycles. The van der Waals surface area contributed by atoms with Gasteiger partial charge in [-0.15, -0.1) is 0 Å². The highest BCUT2D eigenvalue weighted by molar-refractivity contribution is 5.86. The fourth-order valence-electron chi connectivity index (χ4n) is 3.03. The van der Waals surface area contributed by atoms with Crippen LogP contribution in [0.3, 0.4) is 0 Å². The molecule has 3 nitrogen and oxygen atoms in total. The van der Waals surface area contributed by atoms with Crippen molar-refractivity contribution in [3.63, 3.8) is 0 Å². The van der Waals surface area contributed by atoms with Gasteiger partial charge in [-0.05, 0) is 59.4 Å². The van der Waals surface area contributed by atoms with E-state index in [1.54, 1.807) is 36.4 Å². The van der Waals surface area contributed by atoms with Crippen LogP contribution in [0.5, 0.6) is 5.75 Å². The maximum Gasteiger partial charge on any atom is 0.409 e. The summed E-state index contributed by atoms with van der Waals surface area (Å²) < 4.78 is 31.8. The standard InChI is InChI=1S/C22H19F2NO2/c23-21(24)20(18-11-10-16-5-1-2-6-17(16)14-18)7-3-4-15-8-12-19(13-9-15)27-22(25)26/h1-2,5-6,8-14H,3-4,7H2,(H2,25,26). The molecule has 0 saturated heterocycles. The number of aryl methyl sites for hydroxylation is 1. The number of rotatable bonds is 6. The van der Waals surface area contributed by atoms with Gasteiger partial charge in [0.15, 0.2) is 0 Å². The van der Waals surface area contributed by atoms with Crippen molar-refractivity contribution in [1.82, 2.24) is 0 Å². The van der Waals surface area contributed by atoms with Crippen LogP contribution in [0.15, 0.2) is 72.8 Å². The van der Waals surface area contributed by atoms with Gasteiger partial charge >= 0.3 is 6.09 Å². The Labute approximate surface area is 156 Å². The Balaban J connectivity index is 1.66. The highest BCUT2D eigenvalue weighted by Gasteiger charge is 2.10. The Morgan fingerprint density at radius 2 is 1.63 bits per heavy atom. The predicted octanol–water partition coefficient (Wildman–Crippen LogP) is 5.93. The van der Waals surface area contributed by atoms with Crippen molar-refractivity contribution in [2.45, 2.75) is 19.3 Å². The number of ether oxygens (including phenoxy) is 1. The Morgan fingerprint density at radius 3 is 2.30 bits per heavy atom. The first kappa shape index (κ1) is 18.6. The van der Waals surface area contributed by atoms with Crippen LogP contribution in [0.25, 0.3) is 16.3 Å². The molecule has 0 unspecified atom stereocenters. The molecule has 1 amide bonds. The Hall–Kier alpha value is -3.21. The lowest BCUT2D eigenvalue weighted by Gasteiger charge is -2.09. The van der Waals surface area contributed by atoms with Crippen LogP contribution in [0.2, 0.25) is 0 Å². The quantitative estimate of drug-likeness (QED) is 0.587. The lowest BCUT2D eigenvalue weighted by atomic mass is 9.97. The number of primary amides is 1. The van der Waals surface area contributed by atoms with E-state index >= 15 is 0 Å². The number of carbonyl (C=O) groups excluding carboxylic acids is 1. The van der Waals surface area contributed by atoms with Crippen molar-refractivity contribution in [3.05, 3.63) is 83.9 Å². The Morgan fingerprint density at radius 1 is 0.926 bits per heavy atom. The van der Waals surface area contributed by atoms with E-state index in [2.05, 4.69) is 0 Å². The maximum absolute atomic E-state index is 13.5. The average Bonchev–Trinajstić information content (AvgIpc) is 2.65. The van der Waals surface area contributed by atoms with Gasteiger partial charge in [0.25, 0.3) is 6.08 Å². The van der Waals surface area contributed by atoms with Crippen LogP contribution in [0.4, 0.5) is 13.6 Å². The highest BCUT2D eigenvalue weighted by atomic mass is 19.3. The normalized spacial score (nSPS) is 10.6. The summed E-state index contributed by atoms with van der Waals surface area (Å²) in [5.41, 5.74) is 6.57. The molecule has 0 aliphatic rings. The van der Waals surface area contributed by atoms with Gasteiger partial charge < -0.3 is 10.5 Å². The molecule has 27 heavy (non-hydrogen) atoms. The predicted molar refractivity (Wildman–Crippen MR) is 103 cm³/mol. The van der Waals surface area contributed by atoms with Crippen molar-refractivity contribution >= 4 is 22.4 Å². The number of halogens is 2. The molecule has 0 radical (unpaired) electrons. The van der Waals surface area contributed by atoms with Crippen molar-refractivity contribution in [2.24, 2.45) is 5.73 Å². The Kier molecular flexibility index (Phi) is 5.81. The summed E-state index contributed by atoms with van der Waals surface area (Å²) in [5.74, 6) is 0.359. The van der Waals surface area contributed by atoms with Crippen molar-refractivity contribution in [3.8, 4) is 5.75 Å². The molecule has 0 bridgehead atoms. The zero-order valence-electron chi connectivity index (χ0n) is 14.6. The molecule has 0 spiro atoms. The van der Waals surface area contributed by atoms with E-state index in [0.717, 1.165) is 16.3 Å². The van der Waals surface area contributed by atoms with E-state index in [4.69, 9.17) is 10.5 Å². The molecule has 0 saturated carbocycles. The molecule has 0 heterocycles.